The van der Waals surface area contributed by atoms with Gasteiger partial charge in [0.1, 0.15) is 17.6 Å². The normalized spacial score (nSPS) is 16.9. The number of methoxy groups -OCH3 is 1. The van der Waals surface area contributed by atoms with Crippen LogP contribution in [0.4, 0.5) is 5.69 Å². The summed E-state index contributed by atoms with van der Waals surface area (Å²) in [6, 6.07) is 17.0. The average molecular weight is 472 g/mol. The molecular weight excluding hydrogens is 448 g/mol. The molecule has 1 N–H and O–H groups in total. The molecule has 1 aliphatic rings. The zero-order valence-electron chi connectivity index (χ0n) is 19.3. The van der Waals surface area contributed by atoms with Gasteiger partial charge in [0.15, 0.2) is 0 Å². The first-order chi connectivity index (χ1) is 17.0. The third-order valence-corrected chi connectivity index (χ3v) is 5.59. The van der Waals surface area contributed by atoms with Crippen molar-refractivity contribution in [2.45, 2.75) is 19.4 Å². The lowest BCUT2D eigenvalue weighted by Crippen LogP contribution is -2.29. The highest BCUT2D eigenvalue weighted by Crippen LogP contribution is 2.42. The first-order valence-corrected chi connectivity index (χ1v) is 11.1. The van der Waals surface area contributed by atoms with Crippen molar-refractivity contribution in [1.29, 1.82) is 0 Å². The number of carbonyl (C=O) groups is 3. The number of rotatable bonds is 7. The number of ether oxygens (including phenoxy) is 2. The number of esters is 1. The molecule has 2 heterocycles. The van der Waals surface area contributed by atoms with E-state index < -0.39 is 23.7 Å². The maximum absolute atomic E-state index is 13.2. The first kappa shape index (κ1) is 23.7. The van der Waals surface area contributed by atoms with Crippen LogP contribution in [-0.4, -0.2) is 41.5 Å². The van der Waals surface area contributed by atoms with Gasteiger partial charge in [0, 0.05) is 11.9 Å². The van der Waals surface area contributed by atoms with Gasteiger partial charge in [-0.25, -0.2) is 4.79 Å². The molecular formula is C27H24N2O6. The van der Waals surface area contributed by atoms with Crippen LogP contribution in [0.15, 0.2) is 78.5 Å². The highest BCUT2D eigenvalue weighted by Gasteiger charge is 2.47. The van der Waals surface area contributed by atoms with Crippen LogP contribution in [0, 0.1) is 0 Å². The number of anilines is 1. The molecule has 4 rings (SSSR count). The fraction of sp³-hybridized carbons (Fsp3) is 0.185. The van der Waals surface area contributed by atoms with Crippen molar-refractivity contribution in [1.82, 2.24) is 4.98 Å². The molecule has 0 spiro atoms. The van der Waals surface area contributed by atoms with Crippen molar-refractivity contribution in [3.8, 4) is 5.75 Å². The lowest BCUT2D eigenvalue weighted by atomic mass is 9.97. The van der Waals surface area contributed by atoms with Crippen LogP contribution in [0.2, 0.25) is 0 Å². The van der Waals surface area contributed by atoms with Gasteiger partial charge in [-0.1, -0.05) is 25.1 Å². The predicted molar refractivity (Wildman–Crippen MR) is 129 cm³/mol. The maximum Gasteiger partial charge on any atom is 0.338 e. The Morgan fingerprint density at radius 2 is 1.74 bits per heavy atom. The van der Waals surface area contributed by atoms with E-state index in [2.05, 4.69) is 4.98 Å². The molecule has 1 unspecified atom stereocenters. The molecule has 178 valence electrons. The Morgan fingerprint density at radius 1 is 1.03 bits per heavy atom. The summed E-state index contributed by atoms with van der Waals surface area (Å²) in [6.45, 7) is 2.20. The van der Waals surface area contributed by atoms with Crippen molar-refractivity contribution in [2.24, 2.45) is 0 Å². The van der Waals surface area contributed by atoms with Crippen LogP contribution >= 0.6 is 0 Å². The standard InChI is InChI=1S/C27H24N2O6/c1-3-16-35-27(33)17-11-13-18(14-12-17)29-23(20-9-6-7-15-28-20)22(25(31)26(29)32)24(30)19-8-4-5-10-21(19)34-2/h4-15,23,30H,3,16H2,1-2H3/b24-22+. The smallest absolute Gasteiger partial charge is 0.338 e. The molecule has 0 radical (unpaired) electrons. The number of benzene rings is 2. The van der Waals surface area contributed by atoms with E-state index in [9.17, 15) is 19.5 Å². The molecule has 0 aliphatic carbocycles. The van der Waals surface area contributed by atoms with E-state index in [4.69, 9.17) is 9.47 Å². The number of hydrogen-bond acceptors (Lipinski definition) is 7. The molecule has 0 saturated carbocycles. The third kappa shape index (κ3) is 4.50. The van der Waals surface area contributed by atoms with Crippen LogP contribution in [0.5, 0.6) is 5.75 Å². The average Bonchev–Trinajstić information content (AvgIpc) is 3.17. The fourth-order valence-electron chi connectivity index (χ4n) is 3.94. The second-order valence-corrected chi connectivity index (χ2v) is 7.81. The first-order valence-electron chi connectivity index (χ1n) is 11.1. The Hall–Kier alpha value is -4.46. The summed E-state index contributed by atoms with van der Waals surface area (Å²) in [5, 5.41) is 11.2. The number of aromatic nitrogens is 1. The molecule has 1 aromatic heterocycles. The van der Waals surface area contributed by atoms with Gasteiger partial charge >= 0.3 is 5.97 Å². The van der Waals surface area contributed by atoms with Crippen LogP contribution < -0.4 is 9.64 Å². The molecule has 0 bridgehead atoms. The van der Waals surface area contributed by atoms with E-state index in [0.717, 1.165) is 0 Å². The minimum absolute atomic E-state index is 0.107. The Morgan fingerprint density at radius 3 is 2.40 bits per heavy atom. The van der Waals surface area contributed by atoms with Crippen molar-refractivity contribution in [3.63, 3.8) is 0 Å². The number of para-hydroxylation sites is 1. The number of hydrogen-bond donors (Lipinski definition) is 1. The van der Waals surface area contributed by atoms with E-state index in [1.165, 1.54) is 24.1 Å². The van der Waals surface area contributed by atoms with Gasteiger partial charge in [0.05, 0.1) is 36.1 Å². The molecule has 1 atom stereocenters. The second-order valence-electron chi connectivity index (χ2n) is 7.81. The monoisotopic (exact) mass is 472 g/mol. The number of nitrogens with zero attached hydrogens (tertiary/aromatic N) is 2. The Bertz CT molecular complexity index is 1280. The highest BCUT2D eigenvalue weighted by atomic mass is 16.5. The molecule has 1 aliphatic heterocycles. The largest absolute Gasteiger partial charge is 0.507 e. The summed E-state index contributed by atoms with van der Waals surface area (Å²) in [5.41, 5.74) is 1.26. The Balaban J connectivity index is 1.83. The van der Waals surface area contributed by atoms with Crippen LogP contribution in [0.3, 0.4) is 0 Å². The molecule has 8 nitrogen and oxygen atoms in total. The van der Waals surface area contributed by atoms with Gasteiger partial charge in [0.2, 0.25) is 0 Å². The van der Waals surface area contributed by atoms with Gasteiger partial charge in [0.25, 0.3) is 11.7 Å². The van der Waals surface area contributed by atoms with E-state index in [-0.39, 0.29) is 16.9 Å². The molecule has 1 fully saturated rings. The third-order valence-electron chi connectivity index (χ3n) is 5.59. The highest BCUT2D eigenvalue weighted by molar-refractivity contribution is 6.51. The summed E-state index contributed by atoms with van der Waals surface area (Å²) >= 11 is 0. The quantitative estimate of drug-likeness (QED) is 0.237. The zero-order chi connectivity index (χ0) is 24.9. The molecule has 3 aromatic rings. The topological polar surface area (TPSA) is 106 Å². The molecule has 2 aromatic carbocycles. The van der Waals surface area contributed by atoms with E-state index in [1.54, 1.807) is 60.8 Å². The number of amides is 1. The molecule has 8 heteroatoms. The molecule has 35 heavy (non-hydrogen) atoms. The zero-order valence-corrected chi connectivity index (χ0v) is 19.3. The van der Waals surface area contributed by atoms with Crippen LogP contribution in [0.25, 0.3) is 5.76 Å². The van der Waals surface area contributed by atoms with Crippen molar-refractivity contribution in [2.75, 3.05) is 18.6 Å². The molecule has 1 amide bonds. The maximum atomic E-state index is 13.2. The summed E-state index contributed by atoms with van der Waals surface area (Å²) in [7, 11) is 1.45. The van der Waals surface area contributed by atoms with E-state index in [0.29, 0.717) is 35.7 Å². The van der Waals surface area contributed by atoms with E-state index in [1.807, 2.05) is 6.92 Å². The summed E-state index contributed by atoms with van der Waals surface area (Å²) in [6.07, 6.45) is 2.25. The number of ketones is 1. The summed E-state index contributed by atoms with van der Waals surface area (Å²) < 4.78 is 10.5. The number of aliphatic hydroxyl groups excluding tert-OH is 1. The summed E-state index contributed by atoms with van der Waals surface area (Å²) in [4.78, 5) is 44.3. The number of aliphatic hydroxyl groups is 1. The van der Waals surface area contributed by atoms with Gasteiger partial charge in [-0.3, -0.25) is 19.5 Å². The fourth-order valence-corrected chi connectivity index (χ4v) is 3.94. The van der Waals surface area contributed by atoms with Gasteiger partial charge in [-0.2, -0.15) is 0 Å². The van der Waals surface area contributed by atoms with Gasteiger partial charge in [-0.15, -0.1) is 0 Å². The number of carbonyl (C=O) groups excluding carboxylic acids is 3. The van der Waals surface area contributed by atoms with Crippen molar-refractivity contribution >= 4 is 29.1 Å². The van der Waals surface area contributed by atoms with Crippen LogP contribution in [-0.2, 0) is 14.3 Å². The van der Waals surface area contributed by atoms with Gasteiger partial charge in [-0.05, 0) is 55.0 Å². The number of pyridine rings is 1. The number of Topliss-reactive ketones (excluding diaryl/α,β-unsaturated/α-hetero) is 1. The predicted octanol–water partition coefficient (Wildman–Crippen LogP) is 4.28. The minimum Gasteiger partial charge on any atom is -0.507 e. The lowest BCUT2D eigenvalue weighted by Gasteiger charge is -2.24. The SMILES string of the molecule is CCCOC(=O)c1ccc(N2C(=O)C(=O)/C(=C(/O)c3ccccc3OC)C2c2ccccn2)cc1. The lowest BCUT2D eigenvalue weighted by molar-refractivity contribution is -0.132. The summed E-state index contributed by atoms with van der Waals surface area (Å²) in [5.74, 6) is -2.16. The van der Waals surface area contributed by atoms with Crippen molar-refractivity contribution in [3.05, 3.63) is 95.3 Å². The van der Waals surface area contributed by atoms with Crippen molar-refractivity contribution < 1.29 is 29.0 Å². The Kier molecular flexibility index (Phi) is 6.91. The molecule has 1 saturated heterocycles. The van der Waals surface area contributed by atoms with Crippen LogP contribution in [0.1, 0.15) is 41.0 Å². The Labute approximate surface area is 202 Å². The van der Waals surface area contributed by atoms with Gasteiger partial charge < -0.3 is 14.6 Å². The minimum atomic E-state index is -0.987. The van der Waals surface area contributed by atoms with E-state index >= 15 is 0 Å². The second kappa shape index (κ2) is 10.2.